The fourth-order valence-corrected chi connectivity index (χ4v) is 6.82. The summed E-state index contributed by atoms with van der Waals surface area (Å²) in [5.41, 5.74) is 1.57. The minimum absolute atomic E-state index is 0.0821. The van der Waals surface area contributed by atoms with E-state index in [4.69, 9.17) is 16.3 Å². The number of aryl methyl sites for hydroxylation is 1. The third-order valence-electron chi connectivity index (χ3n) is 5.81. The number of hydrogen-bond donors (Lipinski definition) is 0. The van der Waals surface area contributed by atoms with Gasteiger partial charge in [-0.2, -0.15) is 5.10 Å². The number of aromatic nitrogens is 2. The van der Waals surface area contributed by atoms with Gasteiger partial charge in [0.15, 0.2) is 10.7 Å². The summed E-state index contributed by atoms with van der Waals surface area (Å²) >= 11 is 6.81. The molecule has 39 heavy (non-hydrogen) atoms. The first-order valence-electron chi connectivity index (χ1n) is 11.7. The van der Waals surface area contributed by atoms with Crippen LogP contribution in [-0.4, -0.2) is 41.4 Å². The number of ketones is 1. The lowest BCUT2D eigenvalue weighted by Crippen LogP contribution is -2.23. The van der Waals surface area contributed by atoms with Gasteiger partial charge in [-0.05, 0) is 67.2 Å². The number of imidazole rings is 1. The number of thioether (sulfide) groups is 1. The Morgan fingerprint density at radius 3 is 2.31 bits per heavy atom. The number of hydrazone groups is 1. The molecule has 1 aliphatic heterocycles. The number of para-hydroxylation sites is 2. The molecule has 198 valence electrons. The molecule has 5 rings (SSSR count). The predicted molar refractivity (Wildman–Crippen MR) is 151 cm³/mol. The van der Waals surface area contributed by atoms with Gasteiger partial charge in [-0.25, -0.2) is 23.2 Å². The van der Waals surface area contributed by atoms with Crippen LogP contribution in [0.2, 0.25) is 5.02 Å². The molecule has 0 saturated heterocycles. The third-order valence-corrected chi connectivity index (χ3v) is 9.01. The molecule has 12 heteroatoms. The van der Waals surface area contributed by atoms with Gasteiger partial charge in [0.05, 0.1) is 28.2 Å². The van der Waals surface area contributed by atoms with Gasteiger partial charge >= 0.3 is 5.97 Å². The van der Waals surface area contributed by atoms with Crippen molar-refractivity contribution in [1.82, 2.24) is 9.55 Å². The molecule has 0 radical (unpaired) electrons. The molecule has 0 bridgehead atoms. The van der Waals surface area contributed by atoms with Crippen molar-refractivity contribution in [2.45, 2.75) is 11.8 Å². The van der Waals surface area contributed by atoms with Gasteiger partial charge < -0.3 is 9.30 Å². The van der Waals surface area contributed by atoms with Crippen LogP contribution in [0.4, 0.5) is 5.69 Å². The van der Waals surface area contributed by atoms with Crippen molar-refractivity contribution < 1.29 is 22.7 Å². The number of rotatable bonds is 7. The van der Waals surface area contributed by atoms with Gasteiger partial charge in [0.2, 0.25) is 20.7 Å². The van der Waals surface area contributed by atoms with E-state index in [0.717, 1.165) is 11.8 Å². The van der Waals surface area contributed by atoms with E-state index in [0.29, 0.717) is 21.7 Å². The number of nitrogens with zero attached hydrogens (tertiary/aromatic N) is 4. The molecular weight excluding hydrogens is 560 g/mol. The quantitative estimate of drug-likeness (QED) is 0.167. The van der Waals surface area contributed by atoms with Crippen molar-refractivity contribution in [3.8, 4) is 0 Å². The standard InChI is InChI=1S/C27H21ClN4O5S2/c1-3-37-27(34)25-30-32(18-15-13-17(28)14-16-18)26(38-25)23(39(35,36)19-9-5-4-6-10-19)22(33)24-29-20-11-7-8-12-21(20)31(24)2/h4-16H,3H2,1-2H3/b26-23+. The zero-order valence-electron chi connectivity index (χ0n) is 20.7. The number of carbonyl (C=O) groups excluding carboxylic acids is 2. The number of fused-ring (bicyclic) bond motifs is 1. The van der Waals surface area contributed by atoms with Crippen LogP contribution in [0.25, 0.3) is 11.0 Å². The molecule has 0 spiro atoms. The van der Waals surface area contributed by atoms with E-state index in [-0.39, 0.29) is 27.4 Å². The Bertz CT molecular complexity index is 1760. The maximum atomic E-state index is 14.2. The fraction of sp³-hybridized carbons (Fsp3) is 0.111. The molecule has 2 heterocycles. The number of Topliss-reactive ketones (excluding diaryl/α,β-unsaturated/α-hetero) is 1. The van der Waals surface area contributed by atoms with Gasteiger partial charge in [0.1, 0.15) is 5.03 Å². The zero-order valence-corrected chi connectivity index (χ0v) is 23.1. The maximum absolute atomic E-state index is 14.2. The number of carbonyl (C=O) groups is 2. The summed E-state index contributed by atoms with van der Waals surface area (Å²) in [6, 6.07) is 21.1. The van der Waals surface area contributed by atoms with Crippen molar-refractivity contribution in [2.24, 2.45) is 12.1 Å². The Morgan fingerprint density at radius 1 is 0.974 bits per heavy atom. The highest BCUT2D eigenvalue weighted by atomic mass is 35.5. The molecule has 0 aliphatic carbocycles. The second kappa shape index (κ2) is 10.7. The molecule has 4 aromatic rings. The summed E-state index contributed by atoms with van der Waals surface area (Å²) < 4.78 is 35.0. The van der Waals surface area contributed by atoms with Crippen LogP contribution in [0.5, 0.6) is 0 Å². The van der Waals surface area contributed by atoms with E-state index in [9.17, 15) is 18.0 Å². The van der Waals surface area contributed by atoms with Crippen LogP contribution in [-0.2, 0) is 26.4 Å². The molecule has 9 nitrogen and oxygen atoms in total. The summed E-state index contributed by atoms with van der Waals surface area (Å²) in [5.74, 6) is -1.68. The Kier molecular flexibility index (Phi) is 7.30. The number of anilines is 1. The predicted octanol–water partition coefficient (Wildman–Crippen LogP) is 5.18. The van der Waals surface area contributed by atoms with Crippen molar-refractivity contribution in [2.75, 3.05) is 11.6 Å². The second-order valence-electron chi connectivity index (χ2n) is 8.28. The lowest BCUT2D eigenvalue weighted by molar-refractivity contribution is -0.134. The molecule has 0 N–H and O–H groups in total. The summed E-state index contributed by atoms with van der Waals surface area (Å²) in [6.07, 6.45) is 0. The van der Waals surface area contributed by atoms with Gasteiger partial charge in [0, 0.05) is 12.1 Å². The number of hydrogen-bond acceptors (Lipinski definition) is 9. The monoisotopic (exact) mass is 580 g/mol. The lowest BCUT2D eigenvalue weighted by atomic mass is 10.3. The van der Waals surface area contributed by atoms with Gasteiger partial charge in [-0.1, -0.05) is 41.9 Å². The van der Waals surface area contributed by atoms with Crippen LogP contribution in [0.15, 0.2) is 98.8 Å². The highest BCUT2D eigenvalue weighted by molar-refractivity contribution is 8.19. The largest absolute Gasteiger partial charge is 0.461 e. The first kappa shape index (κ1) is 26.7. The van der Waals surface area contributed by atoms with Gasteiger partial charge in [-0.15, -0.1) is 0 Å². The normalized spacial score (nSPS) is 14.8. The number of halogens is 1. The molecule has 0 unspecified atom stereocenters. The summed E-state index contributed by atoms with van der Waals surface area (Å²) in [6.45, 7) is 1.73. The number of ether oxygens (including phenoxy) is 1. The van der Waals surface area contributed by atoms with Crippen molar-refractivity contribution in [1.29, 1.82) is 0 Å². The molecule has 0 saturated carbocycles. The van der Waals surface area contributed by atoms with Crippen LogP contribution in [0.3, 0.4) is 0 Å². The van der Waals surface area contributed by atoms with Crippen LogP contribution < -0.4 is 5.01 Å². The van der Waals surface area contributed by atoms with Crippen molar-refractivity contribution >= 4 is 66.7 Å². The third kappa shape index (κ3) is 4.96. The number of allylic oxidation sites excluding steroid dienone is 1. The van der Waals surface area contributed by atoms with Gasteiger partial charge in [0.25, 0.3) is 0 Å². The minimum atomic E-state index is -4.43. The Labute approximate surface area is 233 Å². The fourth-order valence-electron chi connectivity index (χ4n) is 3.97. The van der Waals surface area contributed by atoms with Gasteiger partial charge in [-0.3, -0.25) is 4.79 Å². The van der Waals surface area contributed by atoms with Crippen molar-refractivity contribution in [3.63, 3.8) is 0 Å². The van der Waals surface area contributed by atoms with Crippen LogP contribution in [0.1, 0.15) is 17.5 Å². The summed E-state index contributed by atoms with van der Waals surface area (Å²) in [5, 5.41) is 5.83. The van der Waals surface area contributed by atoms with E-state index in [1.54, 1.807) is 80.7 Å². The number of sulfone groups is 1. The highest BCUT2D eigenvalue weighted by Crippen LogP contribution is 2.41. The topological polar surface area (TPSA) is 111 Å². The molecule has 1 aromatic heterocycles. The Balaban J connectivity index is 1.78. The average molecular weight is 581 g/mol. The summed E-state index contributed by atoms with van der Waals surface area (Å²) in [7, 11) is -2.80. The van der Waals surface area contributed by atoms with E-state index in [1.807, 2.05) is 0 Å². The van der Waals surface area contributed by atoms with Crippen molar-refractivity contribution in [3.05, 3.63) is 99.6 Å². The summed E-state index contributed by atoms with van der Waals surface area (Å²) in [4.78, 5) is 30.7. The first-order chi connectivity index (χ1) is 18.7. The molecule has 1 aliphatic rings. The first-order valence-corrected chi connectivity index (χ1v) is 14.4. The van der Waals surface area contributed by atoms with E-state index >= 15 is 0 Å². The number of benzene rings is 3. The van der Waals surface area contributed by atoms with E-state index in [2.05, 4.69) is 10.1 Å². The zero-order chi connectivity index (χ0) is 27.7. The Morgan fingerprint density at radius 2 is 1.64 bits per heavy atom. The molecule has 0 atom stereocenters. The highest BCUT2D eigenvalue weighted by Gasteiger charge is 2.41. The smallest absolute Gasteiger partial charge is 0.365 e. The molecule has 0 fully saturated rings. The molecule has 3 aromatic carbocycles. The van der Waals surface area contributed by atoms with E-state index < -0.39 is 26.5 Å². The Hall–Kier alpha value is -3.93. The second-order valence-corrected chi connectivity index (χ2v) is 11.6. The van der Waals surface area contributed by atoms with Crippen LogP contribution in [0, 0.1) is 0 Å². The minimum Gasteiger partial charge on any atom is -0.461 e. The van der Waals surface area contributed by atoms with Crippen LogP contribution >= 0.6 is 23.4 Å². The SMILES string of the molecule is CCOC(=O)C1=NN(c2ccc(Cl)cc2)/C(=C(/C(=O)c2nc3ccccc3n2C)S(=O)(=O)c2ccccc2)S1. The molecular formula is C27H21ClN4O5S2. The molecule has 0 amide bonds. The maximum Gasteiger partial charge on any atom is 0.365 e. The lowest BCUT2D eigenvalue weighted by Gasteiger charge is -2.19. The van der Waals surface area contributed by atoms with E-state index in [1.165, 1.54) is 21.7 Å². The number of esters is 1. The average Bonchev–Trinajstić information content (AvgIpc) is 3.52.